The van der Waals surface area contributed by atoms with Gasteiger partial charge < -0.3 is 15.4 Å². The molecule has 1 heterocycles. The van der Waals surface area contributed by atoms with Gasteiger partial charge in [0.1, 0.15) is 11.4 Å². The maximum absolute atomic E-state index is 11.6. The van der Waals surface area contributed by atoms with Crippen molar-refractivity contribution in [3.63, 3.8) is 0 Å². The third-order valence-corrected chi connectivity index (χ3v) is 3.21. The molecule has 0 aliphatic heterocycles. The number of methoxy groups -OCH3 is 1. The lowest BCUT2D eigenvalue weighted by Gasteiger charge is -2.14. The quantitative estimate of drug-likeness (QED) is 0.597. The van der Waals surface area contributed by atoms with Gasteiger partial charge in [0.05, 0.1) is 13.3 Å². The zero-order valence-electron chi connectivity index (χ0n) is 12.0. The molecule has 0 unspecified atom stereocenters. The molecule has 0 fully saturated rings. The van der Waals surface area contributed by atoms with Crippen molar-refractivity contribution in [2.75, 3.05) is 17.7 Å². The summed E-state index contributed by atoms with van der Waals surface area (Å²) in [6, 6.07) is 5.97. The lowest BCUT2D eigenvalue weighted by Crippen LogP contribution is -2.21. The summed E-state index contributed by atoms with van der Waals surface area (Å²) in [5, 5.41) is 12.9. The summed E-state index contributed by atoms with van der Waals surface area (Å²) in [6.45, 7) is 3.99. The van der Waals surface area contributed by atoms with Crippen LogP contribution < -0.4 is 10.6 Å². The first kappa shape index (κ1) is 15.0. The van der Waals surface area contributed by atoms with Gasteiger partial charge in [-0.25, -0.2) is 4.79 Å². The van der Waals surface area contributed by atoms with Gasteiger partial charge in [-0.15, -0.1) is 0 Å². The molecule has 1 aromatic heterocycles. The number of esters is 1. The average molecular weight is 304 g/mol. The van der Waals surface area contributed by atoms with E-state index in [4.69, 9.17) is 12.2 Å². The van der Waals surface area contributed by atoms with Crippen LogP contribution in [0.5, 0.6) is 0 Å². The number of hydrogen-bond donors (Lipinski definition) is 3. The molecular formula is C14H16N4O2S. The van der Waals surface area contributed by atoms with Gasteiger partial charge in [0.15, 0.2) is 5.11 Å². The summed E-state index contributed by atoms with van der Waals surface area (Å²) < 4.78 is 4.67. The van der Waals surface area contributed by atoms with E-state index in [1.807, 2.05) is 32.0 Å². The van der Waals surface area contributed by atoms with Crippen LogP contribution in [0.2, 0.25) is 0 Å². The molecule has 0 radical (unpaired) electrons. The molecule has 21 heavy (non-hydrogen) atoms. The van der Waals surface area contributed by atoms with Crippen LogP contribution in [-0.4, -0.2) is 28.4 Å². The first-order valence-electron chi connectivity index (χ1n) is 6.29. The highest BCUT2D eigenvalue weighted by molar-refractivity contribution is 7.80. The fourth-order valence-electron chi connectivity index (χ4n) is 1.92. The Bertz CT molecular complexity index is 661. The molecule has 6 nitrogen and oxygen atoms in total. The Hall–Kier alpha value is -2.41. The van der Waals surface area contributed by atoms with Crippen LogP contribution in [0.15, 0.2) is 24.4 Å². The van der Waals surface area contributed by atoms with Crippen LogP contribution in [0.1, 0.15) is 21.5 Å². The van der Waals surface area contributed by atoms with Gasteiger partial charge in [-0.2, -0.15) is 5.10 Å². The van der Waals surface area contributed by atoms with Crippen molar-refractivity contribution < 1.29 is 9.53 Å². The maximum Gasteiger partial charge on any atom is 0.343 e. The van der Waals surface area contributed by atoms with Crippen LogP contribution >= 0.6 is 12.2 Å². The van der Waals surface area contributed by atoms with Gasteiger partial charge in [0.2, 0.25) is 0 Å². The van der Waals surface area contributed by atoms with Crippen LogP contribution in [0.3, 0.4) is 0 Å². The molecule has 0 saturated heterocycles. The molecule has 0 amide bonds. The van der Waals surface area contributed by atoms with E-state index in [9.17, 15) is 4.79 Å². The zero-order chi connectivity index (χ0) is 15.4. The fraction of sp³-hybridized carbons (Fsp3) is 0.214. The van der Waals surface area contributed by atoms with Gasteiger partial charge in [-0.05, 0) is 37.2 Å². The van der Waals surface area contributed by atoms with Crippen LogP contribution in [0, 0.1) is 13.8 Å². The Morgan fingerprint density at radius 2 is 1.95 bits per heavy atom. The van der Waals surface area contributed by atoms with Crippen LogP contribution in [-0.2, 0) is 4.74 Å². The molecule has 2 rings (SSSR count). The first-order chi connectivity index (χ1) is 10.0. The molecule has 2 aromatic rings. The highest BCUT2D eigenvalue weighted by Crippen LogP contribution is 2.20. The molecule has 0 spiro atoms. The molecule has 1 aromatic carbocycles. The Kier molecular flexibility index (Phi) is 4.54. The second-order valence-corrected chi connectivity index (χ2v) is 4.90. The highest BCUT2D eigenvalue weighted by atomic mass is 32.1. The van der Waals surface area contributed by atoms with Crippen molar-refractivity contribution in [1.82, 2.24) is 10.2 Å². The van der Waals surface area contributed by atoms with E-state index in [0.29, 0.717) is 16.5 Å². The van der Waals surface area contributed by atoms with Crippen molar-refractivity contribution in [3.8, 4) is 0 Å². The van der Waals surface area contributed by atoms with Crippen molar-refractivity contribution in [3.05, 3.63) is 41.1 Å². The Balaban J connectivity index is 2.13. The number of benzene rings is 1. The Morgan fingerprint density at radius 1 is 1.29 bits per heavy atom. The second kappa shape index (κ2) is 6.36. The molecule has 0 aliphatic carbocycles. The number of anilines is 2. The van der Waals surface area contributed by atoms with Gasteiger partial charge in [0.25, 0.3) is 0 Å². The minimum Gasteiger partial charge on any atom is -0.465 e. The van der Waals surface area contributed by atoms with E-state index >= 15 is 0 Å². The first-order valence-corrected chi connectivity index (χ1v) is 6.69. The van der Waals surface area contributed by atoms with E-state index in [1.54, 1.807) is 0 Å². The smallest absolute Gasteiger partial charge is 0.343 e. The topological polar surface area (TPSA) is 79.0 Å². The van der Waals surface area contributed by atoms with E-state index in [2.05, 4.69) is 25.6 Å². The van der Waals surface area contributed by atoms with Gasteiger partial charge in [-0.3, -0.25) is 5.10 Å². The molecule has 7 heteroatoms. The number of aromatic amines is 1. The number of aryl methyl sites for hydroxylation is 2. The summed E-state index contributed by atoms with van der Waals surface area (Å²) in [5.41, 5.74) is 3.39. The summed E-state index contributed by atoms with van der Waals surface area (Å²) in [7, 11) is 1.31. The lowest BCUT2D eigenvalue weighted by atomic mass is 10.1. The number of nitrogens with one attached hydrogen (secondary N) is 3. The molecule has 0 bridgehead atoms. The monoisotopic (exact) mass is 304 g/mol. The van der Waals surface area contributed by atoms with Crippen molar-refractivity contribution >= 4 is 34.8 Å². The number of thiocarbonyl (C=S) groups is 1. The number of H-pyrrole nitrogens is 1. The van der Waals surface area contributed by atoms with E-state index in [1.165, 1.54) is 13.3 Å². The number of hydrogen-bond acceptors (Lipinski definition) is 4. The van der Waals surface area contributed by atoms with E-state index in [-0.39, 0.29) is 0 Å². The zero-order valence-corrected chi connectivity index (χ0v) is 12.8. The predicted molar refractivity (Wildman–Crippen MR) is 85.7 cm³/mol. The SMILES string of the molecule is COC(=O)c1cn[nH]c1NC(=S)Nc1c(C)cccc1C. The van der Waals surface area contributed by atoms with Gasteiger partial charge in [-0.1, -0.05) is 18.2 Å². The van der Waals surface area contributed by atoms with Crippen LogP contribution in [0.4, 0.5) is 11.5 Å². The number of nitrogens with zero attached hydrogens (tertiary/aromatic N) is 1. The number of carbonyl (C=O) groups is 1. The lowest BCUT2D eigenvalue weighted by molar-refractivity contribution is 0.0602. The standard InChI is InChI=1S/C14H16N4O2S/c1-8-5-4-6-9(2)11(8)16-14(21)17-12-10(7-15-18-12)13(19)20-3/h4-7H,1-3H3,(H3,15,16,17,18,21). The molecule has 0 aliphatic rings. The largest absolute Gasteiger partial charge is 0.465 e. The van der Waals surface area contributed by atoms with E-state index < -0.39 is 5.97 Å². The van der Waals surface area contributed by atoms with Gasteiger partial charge in [0, 0.05) is 5.69 Å². The second-order valence-electron chi connectivity index (χ2n) is 4.50. The van der Waals surface area contributed by atoms with Crippen LogP contribution in [0.25, 0.3) is 0 Å². The summed E-state index contributed by atoms with van der Waals surface area (Å²) in [4.78, 5) is 11.6. The minimum atomic E-state index is -0.485. The Labute approximate surface area is 127 Å². The number of aromatic nitrogens is 2. The van der Waals surface area contributed by atoms with Gasteiger partial charge >= 0.3 is 5.97 Å². The molecule has 3 N–H and O–H groups in total. The fourth-order valence-corrected chi connectivity index (χ4v) is 2.12. The highest BCUT2D eigenvalue weighted by Gasteiger charge is 2.15. The normalized spacial score (nSPS) is 10.0. The summed E-state index contributed by atoms with van der Waals surface area (Å²) >= 11 is 5.26. The summed E-state index contributed by atoms with van der Waals surface area (Å²) in [5.74, 6) is -0.0910. The van der Waals surface area contributed by atoms with Crippen molar-refractivity contribution in [1.29, 1.82) is 0 Å². The number of ether oxygens (including phenoxy) is 1. The molecule has 110 valence electrons. The van der Waals surface area contributed by atoms with Crippen molar-refractivity contribution in [2.45, 2.75) is 13.8 Å². The molecule has 0 saturated carbocycles. The molecular weight excluding hydrogens is 288 g/mol. The van der Waals surface area contributed by atoms with E-state index in [0.717, 1.165) is 16.8 Å². The average Bonchev–Trinajstić information content (AvgIpc) is 2.90. The minimum absolute atomic E-state index is 0.295. The maximum atomic E-state index is 11.6. The number of carbonyl (C=O) groups excluding carboxylic acids is 1. The summed E-state index contributed by atoms with van der Waals surface area (Å²) in [6.07, 6.45) is 1.38. The third-order valence-electron chi connectivity index (χ3n) is 3.00. The third kappa shape index (κ3) is 3.38. The number of para-hydroxylation sites is 1. The number of rotatable bonds is 3. The Morgan fingerprint density at radius 3 is 2.57 bits per heavy atom. The predicted octanol–water partition coefficient (Wildman–Crippen LogP) is 2.62. The van der Waals surface area contributed by atoms with Crippen molar-refractivity contribution in [2.24, 2.45) is 0 Å². The molecule has 0 atom stereocenters.